The van der Waals surface area contributed by atoms with Gasteiger partial charge >= 0.3 is 0 Å². The first kappa shape index (κ1) is 14.5. The summed E-state index contributed by atoms with van der Waals surface area (Å²) in [5.74, 6) is 1.98. The highest BCUT2D eigenvalue weighted by atomic mass is 16.5. The minimum Gasteiger partial charge on any atom is -0.496 e. The molecular formula is C14H20N2O4. The van der Waals surface area contributed by atoms with Crippen LogP contribution in [0.5, 0.6) is 17.2 Å². The first-order chi connectivity index (χ1) is 9.78. The molecule has 1 aromatic carbocycles. The molecule has 1 aromatic rings. The summed E-state index contributed by atoms with van der Waals surface area (Å²) in [6.45, 7) is 3.01. The molecule has 0 unspecified atom stereocenters. The van der Waals surface area contributed by atoms with E-state index in [2.05, 4.69) is 5.10 Å². The van der Waals surface area contributed by atoms with E-state index in [0.717, 1.165) is 18.7 Å². The highest BCUT2D eigenvalue weighted by Gasteiger charge is 2.11. The minimum absolute atomic E-state index is 0.632. The van der Waals surface area contributed by atoms with Gasteiger partial charge in [-0.25, -0.2) is 0 Å². The molecule has 0 N–H and O–H groups in total. The van der Waals surface area contributed by atoms with Crippen LogP contribution < -0.4 is 14.2 Å². The standard InChI is InChI=1S/C14H20N2O4/c1-17-12-9-14(19-3)13(18-2)8-11(12)10-15-16-4-6-20-7-5-16/h8-10H,4-7H2,1-3H3. The molecular weight excluding hydrogens is 260 g/mol. The molecule has 0 amide bonds. The molecule has 2 rings (SSSR count). The molecule has 0 aromatic heterocycles. The molecule has 110 valence electrons. The van der Waals surface area contributed by atoms with Crippen molar-refractivity contribution in [2.75, 3.05) is 47.6 Å². The zero-order valence-corrected chi connectivity index (χ0v) is 12.1. The molecule has 0 radical (unpaired) electrons. The van der Waals surface area contributed by atoms with Crippen molar-refractivity contribution < 1.29 is 18.9 Å². The normalized spacial score (nSPS) is 15.4. The van der Waals surface area contributed by atoms with Crippen LogP contribution in [0.15, 0.2) is 17.2 Å². The molecule has 0 aliphatic carbocycles. The zero-order valence-electron chi connectivity index (χ0n) is 12.1. The second-order valence-electron chi connectivity index (χ2n) is 4.26. The van der Waals surface area contributed by atoms with Crippen LogP contribution in [0.3, 0.4) is 0 Å². The van der Waals surface area contributed by atoms with Gasteiger partial charge in [-0.15, -0.1) is 0 Å². The van der Waals surface area contributed by atoms with Gasteiger partial charge in [-0.1, -0.05) is 0 Å². The number of nitrogens with zero attached hydrogens (tertiary/aromatic N) is 2. The maximum Gasteiger partial charge on any atom is 0.164 e. The van der Waals surface area contributed by atoms with Gasteiger partial charge in [0.25, 0.3) is 0 Å². The van der Waals surface area contributed by atoms with Crippen molar-refractivity contribution in [1.82, 2.24) is 5.01 Å². The van der Waals surface area contributed by atoms with Gasteiger partial charge in [0.15, 0.2) is 11.5 Å². The fraction of sp³-hybridized carbons (Fsp3) is 0.500. The average molecular weight is 280 g/mol. The Morgan fingerprint density at radius 1 is 1.00 bits per heavy atom. The number of rotatable bonds is 5. The summed E-state index contributed by atoms with van der Waals surface area (Å²) in [7, 11) is 4.82. The van der Waals surface area contributed by atoms with Crippen molar-refractivity contribution in [1.29, 1.82) is 0 Å². The van der Waals surface area contributed by atoms with E-state index in [0.29, 0.717) is 30.5 Å². The van der Waals surface area contributed by atoms with E-state index in [9.17, 15) is 0 Å². The van der Waals surface area contributed by atoms with Crippen LogP contribution in [0, 0.1) is 0 Å². The van der Waals surface area contributed by atoms with Gasteiger partial charge in [-0.2, -0.15) is 5.10 Å². The summed E-state index contributed by atoms with van der Waals surface area (Å²) in [5, 5.41) is 6.42. The third-order valence-electron chi connectivity index (χ3n) is 3.08. The molecule has 1 heterocycles. The number of hydrogen-bond acceptors (Lipinski definition) is 6. The van der Waals surface area contributed by atoms with Gasteiger partial charge in [0.05, 0.1) is 53.8 Å². The topological polar surface area (TPSA) is 52.5 Å². The van der Waals surface area contributed by atoms with Gasteiger partial charge in [0.2, 0.25) is 0 Å². The van der Waals surface area contributed by atoms with E-state index in [4.69, 9.17) is 18.9 Å². The largest absolute Gasteiger partial charge is 0.496 e. The molecule has 0 saturated carbocycles. The third-order valence-corrected chi connectivity index (χ3v) is 3.08. The Bertz CT molecular complexity index is 470. The summed E-state index contributed by atoms with van der Waals surface area (Å²) in [5.41, 5.74) is 0.844. The molecule has 1 fully saturated rings. The Morgan fingerprint density at radius 3 is 2.20 bits per heavy atom. The lowest BCUT2D eigenvalue weighted by molar-refractivity contribution is 0.0397. The average Bonchev–Trinajstić information content (AvgIpc) is 2.52. The molecule has 1 aliphatic rings. The third kappa shape index (κ3) is 3.33. The Hall–Kier alpha value is -1.95. The van der Waals surface area contributed by atoms with Crippen molar-refractivity contribution in [3.05, 3.63) is 17.7 Å². The SMILES string of the molecule is COc1cc(OC)c(OC)cc1C=NN1CCOCC1. The minimum atomic E-state index is 0.632. The summed E-state index contributed by atoms with van der Waals surface area (Å²) in [6.07, 6.45) is 1.77. The summed E-state index contributed by atoms with van der Waals surface area (Å²) in [4.78, 5) is 0. The highest BCUT2D eigenvalue weighted by Crippen LogP contribution is 2.33. The number of morpholine rings is 1. The fourth-order valence-corrected chi connectivity index (χ4v) is 1.97. The lowest BCUT2D eigenvalue weighted by Crippen LogP contribution is -2.32. The fourth-order valence-electron chi connectivity index (χ4n) is 1.97. The predicted molar refractivity (Wildman–Crippen MR) is 76.1 cm³/mol. The number of hydrogen-bond donors (Lipinski definition) is 0. The second kappa shape index (κ2) is 7.00. The number of ether oxygens (including phenoxy) is 4. The zero-order chi connectivity index (χ0) is 14.4. The lowest BCUT2D eigenvalue weighted by Gasteiger charge is -2.23. The van der Waals surface area contributed by atoms with Crippen molar-refractivity contribution >= 4 is 6.21 Å². The van der Waals surface area contributed by atoms with Crippen LogP contribution in [0.1, 0.15) is 5.56 Å². The Morgan fingerprint density at radius 2 is 1.60 bits per heavy atom. The monoisotopic (exact) mass is 280 g/mol. The van der Waals surface area contributed by atoms with E-state index in [1.54, 1.807) is 33.6 Å². The summed E-state index contributed by atoms with van der Waals surface area (Å²) < 4.78 is 21.2. The van der Waals surface area contributed by atoms with E-state index in [1.807, 2.05) is 11.1 Å². The van der Waals surface area contributed by atoms with E-state index < -0.39 is 0 Å². The molecule has 20 heavy (non-hydrogen) atoms. The van der Waals surface area contributed by atoms with Crippen LogP contribution in [0.4, 0.5) is 0 Å². The Labute approximate surface area is 118 Å². The number of methoxy groups -OCH3 is 3. The van der Waals surface area contributed by atoms with Crippen molar-refractivity contribution in [2.45, 2.75) is 0 Å². The quantitative estimate of drug-likeness (QED) is 0.763. The van der Waals surface area contributed by atoms with Gasteiger partial charge in [0, 0.05) is 11.6 Å². The van der Waals surface area contributed by atoms with Crippen LogP contribution in [0.2, 0.25) is 0 Å². The van der Waals surface area contributed by atoms with E-state index in [1.165, 1.54) is 0 Å². The summed E-state index contributed by atoms with van der Waals surface area (Å²) in [6, 6.07) is 3.64. The van der Waals surface area contributed by atoms with E-state index in [-0.39, 0.29) is 0 Å². The second-order valence-corrected chi connectivity index (χ2v) is 4.26. The lowest BCUT2D eigenvalue weighted by atomic mass is 10.2. The molecule has 6 heteroatoms. The predicted octanol–water partition coefficient (Wildman–Crippen LogP) is 1.38. The van der Waals surface area contributed by atoms with Crippen molar-refractivity contribution in [3.63, 3.8) is 0 Å². The number of benzene rings is 1. The van der Waals surface area contributed by atoms with Crippen molar-refractivity contribution in [3.8, 4) is 17.2 Å². The van der Waals surface area contributed by atoms with Crippen LogP contribution in [-0.4, -0.2) is 58.9 Å². The maximum absolute atomic E-state index is 5.36. The van der Waals surface area contributed by atoms with Crippen LogP contribution in [-0.2, 0) is 4.74 Å². The van der Waals surface area contributed by atoms with Gasteiger partial charge in [0.1, 0.15) is 5.75 Å². The molecule has 1 saturated heterocycles. The Kier molecular flexibility index (Phi) is 5.06. The van der Waals surface area contributed by atoms with Crippen molar-refractivity contribution in [2.24, 2.45) is 5.10 Å². The van der Waals surface area contributed by atoms with Gasteiger partial charge in [-0.05, 0) is 6.07 Å². The first-order valence-corrected chi connectivity index (χ1v) is 6.45. The summed E-state index contributed by atoms with van der Waals surface area (Å²) >= 11 is 0. The van der Waals surface area contributed by atoms with Crippen LogP contribution in [0.25, 0.3) is 0 Å². The highest BCUT2D eigenvalue weighted by molar-refractivity contribution is 5.85. The number of hydrazone groups is 1. The molecule has 6 nitrogen and oxygen atoms in total. The smallest absolute Gasteiger partial charge is 0.164 e. The van der Waals surface area contributed by atoms with Crippen LogP contribution >= 0.6 is 0 Å². The molecule has 0 bridgehead atoms. The van der Waals surface area contributed by atoms with Gasteiger partial charge < -0.3 is 18.9 Å². The molecule has 0 atom stereocenters. The van der Waals surface area contributed by atoms with E-state index >= 15 is 0 Å². The Balaban J connectivity index is 2.22. The molecule has 1 aliphatic heterocycles. The first-order valence-electron chi connectivity index (χ1n) is 6.45. The van der Waals surface area contributed by atoms with Gasteiger partial charge in [-0.3, -0.25) is 5.01 Å². The maximum atomic E-state index is 5.36. The molecule has 0 spiro atoms.